The maximum Gasteiger partial charge on any atom is 0.242 e. The number of aliphatic hydroxyl groups excluding tert-OH is 1. The van der Waals surface area contributed by atoms with Gasteiger partial charge in [0.05, 0.1) is 12.6 Å². The first-order valence-electron chi connectivity index (χ1n) is 6.82. The third kappa shape index (κ3) is 3.88. The zero-order valence-corrected chi connectivity index (χ0v) is 12.4. The van der Waals surface area contributed by atoms with E-state index in [1.54, 1.807) is 11.8 Å². The molecule has 1 aromatic carbocycles. The van der Waals surface area contributed by atoms with E-state index >= 15 is 0 Å². The van der Waals surface area contributed by atoms with Gasteiger partial charge in [-0.2, -0.15) is 0 Å². The van der Waals surface area contributed by atoms with Crippen molar-refractivity contribution >= 4 is 29.0 Å². The van der Waals surface area contributed by atoms with Crippen LogP contribution in [-0.4, -0.2) is 48.4 Å². The topological polar surface area (TPSA) is 64.6 Å². The lowest BCUT2D eigenvalue weighted by atomic mass is 10.2. The molecule has 0 bridgehead atoms. The van der Waals surface area contributed by atoms with E-state index in [0.29, 0.717) is 6.54 Å². The molecule has 5 nitrogen and oxygen atoms in total. The molecule has 0 saturated carbocycles. The Hall–Kier alpha value is -1.24. The van der Waals surface area contributed by atoms with Gasteiger partial charge >= 0.3 is 0 Å². The number of nitrogens with one attached hydrogen (secondary N) is 2. The average molecular weight is 295 g/mol. The predicted octanol–water partition coefficient (Wildman–Crippen LogP) is 1.11. The van der Waals surface area contributed by atoms with Gasteiger partial charge < -0.3 is 15.3 Å². The lowest BCUT2D eigenvalue weighted by Gasteiger charge is -2.22. The summed E-state index contributed by atoms with van der Waals surface area (Å²) in [5.74, 6) is 1.68. The maximum absolute atomic E-state index is 12.0. The number of hydrogen-bond acceptors (Lipinski definition) is 5. The molecule has 110 valence electrons. The van der Waals surface area contributed by atoms with Gasteiger partial charge in [0.25, 0.3) is 0 Å². The molecular weight excluding hydrogens is 274 g/mol. The van der Waals surface area contributed by atoms with Crippen LogP contribution in [0.25, 0.3) is 0 Å². The summed E-state index contributed by atoms with van der Waals surface area (Å²) in [6, 6.07) is 7.63. The summed E-state index contributed by atoms with van der Waals surface area (Å²) >= 11 is 1.73. The molecule has 1 aliphatic heterocycles. The standard InChI is InChI=1S/C14H21N3O2S/c1-2-17(7-8-18)12-5-3-11(4-6-12)16-14(19)13-9-20-10-15-13/h3-6,13,15,18H,2,7-10H2,1H3,(H,16,19). The molecule has 2 rings (SSSR count). The quantitative estimate of drug-likeness (QED) is 0.734. The molecule has 20 heavy (non-hydrogen) atoms. The molecule has 0 aliphatic carbocycles. The Morgan fingerprint density at radius 2 is 2.25 bits per heavy atom. The Labute approximate surface area is 123 Å². The molecule has 1 atom stereocenters. The Kier molecular flexibility index (Phi) is 5.70. The van der Waals surface area contributed by atoms with E-state index in [-0.39, 0.29) is 18.6 Å². The Balaban J connectivity index is 1.95. The fraction of sp³-hybridized carbons (Fsp3) is 0.500. The van der Waals surface area contributed by atoms with Crippen LogP contribution in [0.1, 0.15) is 6.92 Å². The molecule has 1 fully saturated rings. The fourth-order valence-corrected chi connectivity index (χ4v) is 3.08. The molecule has 3 N–H and O–H groups in total. The number of nitrogens with zero attached hydrogens (tertiary/aromatic N) is 1. The first-order valence-corrected chi connectivity index (χ1v) is 7.98. The fourth-order valence-electron chi connectivity index (χ4n) is 2.14. The number of aliphatic hydroxyl groups is 1. The molecule has 0 aromatic heterocycles. The van der Waals surface area contributed by atoms with Crippen LogP contribution in [0.5, 0.6) is 0 Å². The monoisotopic (exact) mass is 295 g/mol. The summed E-state index contributed by atoms with van der Waals surface area (Å²) in [6.07, 6.45) is 0. The third-order valence-electron chi connectivity index (χ3n) is 3.28. The molecule has 1 amide bonds. The lowest BCUT2D eigenvalue weighted by Crippen LogP contribution is -2.37. The minimum Gasteiger partial charge on any atom is -0.395 e. The maximum atomic E-state index is 12.0. The number of hydrogen-bond donors (Lipinski definition) is 3. The molecule has 1 aromatic rings. The van der Waals surface area contributed by atoms with Crippen molar-refractivity contribution in [1.82, 2.24) is 5.32 Å². The Morgan fingerprint density at radius 3 is 2.80 bits per heavy atom. The minimum atomic E-state index is -0.0961. The highest BCUT2D eigenvalue weighted by atomic mass is 32.2. The molecule has 6 heteroatoms. The van der Waals surface area contributed by atoms with Crippen molar-refractivity contribution < 1.29 is 9.90 Å². The van der Waals surface area contributed by atoms with E-state index in [4.69, 9.17) is 5.11 Å². The highest BCUT2D eigenvalue weighted by Gasteiger charge is 2.22. The van der Waals surface area contributed by atoms with E-state index in [2.05, 4.69) is 22.5 Å². The van der Waals surface area contributed by atoms with Gasteiger partial charge in [0, 0.05) is 36.1 Å². The summed E-state index contributed by atoms with van der Waals surface area (Å²) in [6.45, 7) is 3.65. The van der Waals surface area contributed by atoms with Crippen molar-refractivity contribution in [3.63, 3.8) is 0 Å². The SMILES string of the molecule is CCN(CCO)c1ccc(NC(=O)C2CSCN2)cc1. The summed E-state index contributed by atoms with van der Waals surface area (Å²) in [5, 5.41) is 15.1. The van der Waals surface area contributed by atoms with Crippen molar-refractivity contribution in [3.05, 3.63) is 24.3 Å². The number of thioether (sulfide) groups is 1. The Bertz CT molecular complexity index is 433. The summed E-state index contributed by atoms with van der Waals surface area (Å²) < 4.78 is 0. The Morgan fingerprint density at radius 1 is 1.50 bits per heavy atom. The highest BCUT2D eigenvalue weighted by molar-refractivity contribution is 7.99. The normalized spacial score (nSPS) is 18.0. The van der Waals surface area contributed by atoms with Gasteiger partial charge in [0.2, 0.25) is 5.91 Å². The highest BCUT2D eigenvalue weighted by Crippen LogP contribution is 2.18. The van der Waals surface area contributed by atoms with Gasteiger partial charge in [-0.3, -0.25) is 10.1 Å². The van der Waals surface area contributed by atoms with Gasteiger partial charge in [0.15, 0.2) is 0 Å². The number of benzene rings is 1. The molecule has 0 radical (unpaired) electrons. The molecule has 1 aliphatic rings. The van der Waals surface area contributed by atoms with E-state index in [0.717, 1.165) is 29.5 Å². The predicted molar refractivity (Wildman–Crippen MR) is 84.3 cm³/mol. The van der Waals surface area contributed by atoms with Crippen LogP contribution in [0.2, 0.25) is 0 Å². The number of rotatable bonds is 6. The summed E-state index contributed by atoms with van der Waals surface area (Å²) in [7, 11) is 0. The van der Waals surface area contributed by atoms with Crippen molar-refractivity contribution in [2.24, 2.45) is 0 Å². The molecular formula is C14H21N3O2S. The molecule has 1 heterocycles. The first-order chi connectivity index (χ1) is 9.74. The first kappa shape index (κ1) is 15.2. The number of carbonyl (C=O) groups excluding carboxylic acids is 1. The van der Waals surface area contributed by atoms with E-state index in [1.165, 1.54) is 0 Å². The van der Waals surface area contributed by atoms with Gasteiger partial charge in [0.1, 0.15) is 0 Å². The van der Waals surface area contributed by atoms with Crippen LogP contribution in [0.3, 0.4) is 0 Å². The van der Waals surface area contributed by atoms with Crippen molar-refractivity contribution in [1.29, 1.82) is 0 Å². The van der Waals surface area contributed by atoms with E-state index in [1.807, 2.05) is 24.3 Å². The second-order valence-corrected chi connectivity index (χ2v) is 5.64. The zero-order valence-electron chi connectivity index (χ0n) is 11.6. The van der Waals surface area contributed by atoms with E-state index in [9.17, 15) is 4.79 Å². The van der Waals surface area contributed by atoms with Crippen LogP contribution in [0.4, 0.5) is 11.4 Å². The van der Waals surface area contributed by atoms with Crippen LogP contribution < -0.4 is 15.5 Å². The summed E-state index contributed by atoms with van der Waals surface area (Å²) in [5.41, 5.74) is 1.85. The second kappa shape index (κ2) is 7.52. The van der Waals surface area contributed by atoms with Crippen LogP contribution in [0, 0.1) is 0 Å². The number of amides is 1. The number of likely N-dealkylation sites (N-methyl/N-ethyl adjacent to an activating group) is 1. The van der Waals surface area contributed by atoms with Gasteiger partial charge in [-0.15, -0.1) is 11.8 Å². The average Bonchev–Trinajstić information content (AvgIpc) is 3.00. The summed E-state index contributed by atoms with van der Waals surface area (Å²) in [4.78, 5) is 14.0. The largest absolute Gasteiger partial charge is 0.395 e. The van der Waals surface area contributed by atoms with Crippen molar-refractivity contribution in [2.45, 2.75) is 13.0 Å². The van der Waals surface area contributed by atoms with Crippen molar-refractivity contribution in [2.75, 3.05) is 41.5 Å². The second-order valence-electron chi connectivity index (χ2n) is 4.61. The van der Waals surface area contributed by atoms with Gasteiger partial charge in [-0.1, -0.05) is 0 Å². The van der Waals surface area contributed by atoms with Crippen molar-refractivity contribution in [3.8, 4) is 0 Å². The van der Waals surface area contributed by atoms with E-state index < -0.39 is 0 Å². The number of carbonyl (C=O) groups is 1. The molecule has 1 unspecified atom stereocenters. The number of anilines is 2. The zero-order chi connectivity index (χ0) is 14.4. The van der Waals surface area contributed by atoms with Crippen LogP contribution in [-0.2, 0) is 4.79 Å². The molecule has 1 saturated heterocycles. The van der Waals surface area contributed by atoms with Gasteiger partial charge in [-0.25, -0.2) is 0 Å². The van der Waals surface area contributed by atoms with Crippen LogP contribution >= 0.6 is 11.8 Å². The molecule has 0 spiro atoms. The van der Waals surface area contributed by atoms with Crippen LogP contribution in [0.15, 0.2) is 24.3 Å². The smallest absolute Gasteiger partial charge is 0.242 e. The van der Waals surface area contributed by atoms with Gasteiger partial charge in [-0.05, 0) is 31.2 Å². The lowest BCUT2D eigenvalue weighted by molar-refractivity contribution is -0.117. The third-order valence-corrected chi connectivity index (χ3v) is 4.22. The minimum absolute atomic E-state index is 0.0189.